The van der Waals surface area contributed by atoms with E-state index in [2.05, 4.69) is 5.32 Å². The first-order chi connectivity index (χ1) is 12.0. The Kier molecular flexibility index (Phi) is 3.86. The van der Waals surface area contributed by atoms with Crippen LogP contribution in [0.3, 0.4) is 0 Å². The molecule has 0 radical (unpaired) electrons. The third-order valence-corrected chi connectivity index (χ3v) is 4.94. The van der Waals surface area contributed by atoms with Gasteiger partial charge in [-0.1, -0.05) is 12.1 Å². The van der Waals surface area contributed by atoms with Crippen LogP contribution >= 0.6 is 0 Å². The Balaban J connectivity index is 1.44. The van der Waals surface area contributed by atoms with Crippen LogP contribution in [0.5, 0.6) is 5.75 Å². The van der Waals surface area contributed by atoms with Gasteiger partial charge in [-0.2, -0.15) is 0 Å². The fourth-order valence-corrected chi connectivity index (χ4v) is 3.49. The highest BCUT2D eigenvalue weighted by Gasteiger charge is 2.41. The average Bonchev–Trinajstić information content (AvgIpc) is 3.37. The van der Waals surface area contributed by atoms with Gasteiger partial charge in [-0.05, 0) is 38.3 Å². The molecule has 1 aromatic carbocycles. The van der Waals surface area contributed by atoms with Crippen molar-refractivity contribution in [2.24, 2.45) is 0 Å². The van der Waals surface area contributed by atoms with Crippen LogP contribution in [0.25, 0.3) is 0 Å². The highest BCUT2D eigenvalue weighted by molar-refractivity contribution is 6.04. The molecule has 3 aliphatic rings. The summed E-state index contributed by atoms with van der Waals surface area (Å²) in [6.45, 7) is 2.25. The first kappa shape index (κ1) is 15.9. The van der Waals surface area contributed by atoms with Crippen molar-refractivity contribution < 1.29 is 19.1 Å². The van der Waals surface area contributed by atoms with Crippen LogP contribution in [0.1, 0.15) is 26.2 Å². The van der Waals surface area contributed by atoms with Gasteiger partial charge in [-0.15, -0.1) is 0 Å². The number of anilines is 1. The Morgan fingerprint density at radius 3 is 2.72 bits per heavy atom. The van der Waals surface area contributed by atoms with Crippen molar-refractivity contribution in [3.05, 3.63) is 24.3 Å². The smallest absolute Gasteiger partial charge is 0.268 e. The molecule has 2 heterocycles. The second-order valence-electron chi connectivity index (χ2n) is 6.82. The summed E-state index contributed by atoms with van der Waals surface area (Å²) in [6.07, 6.45) is 2.11. The van der Waals surface area contributed by atoms with Crippen LogP contribution < -0.4 is 15.0 Å². The predicted molar refractivity (Wildman–Crippen MR) is 90.2 cm³/mol. The van der Waals surface area contributed by atoms with Crippen LogP contribution in [0.15, 0.2) is 24.3 Å². The summed E-state index contributed by atoms with van der Waals surface area (Å²) in [6, 6.07) is 7.03. The predicted octanol–water partition coefficient (Wildman–Crippen LogP) is 0.680. The molecule has 1 saturated carbocycles. The maximum absolute atomic E-state index is 12.5. The summed E-state index contributed by atoms with van der Waals surface area (Å²) < 4.78 is 5.57. The molecular weight excluding hydrogens is 322 g/mol. The molecule has 1 aromatic rings. The molecule has 3 amide bonds. The van der Waals surface area contributed by atoms with Gasteiger partial charge in [0.05, 0.1) is 5.69 Å². The molecule has 25 heavy (non-hydrogen) atoms. The van der Waals surface area contributed by atoms with Crippen LogP contribution in [-0.4, -0.2) is 53.9 Å². The summed E-state index contributed by atoms with van der Waals surface area (Å²) in [5.74, 6) is -0.00312. The Morgan fingerprint density at radius 2 is 1.96 bits per heavy atom. The van der Waals surface area contributed by atoms with Gasteiger partial charge in [-0.3, -0.25) is 19.3 Å². The molecule has 0 unspecified atom stereocenters. The lowest BCUT2D eigenvalue weighted by molar-refractivity contribution is -0.133. The van der Waals surface area contributed by atoms with Crippen LogP contribution in [-0.2, 0) is 14.4 Å². The molecule has 132 valence electrons. The fraction of sp³-hybridized carbons (Fsp3) is 0.500. The van der Waals surface area contributed by atoms with Crippen molar-refractivity contribution >= 4 is 23.4 Å². The van der Waals surface area contributed by atoms with E-state index in [4.69, 9.17) is 4.74 Å². The number of ether oxygens (including phenoxy) is 1. The van der Waals surface area contributed by atoms with Gasteiger partial charge in [0.2, 0.25) is 11.8 Å². The van der Waals surface area contributed by atoms with Gasteiger partial charge in [0.1, 0.15) is 18.3 Å². The third kappa shape index (κ3) is 2.94. The van der Waals surface area contributed by atoms with E-state index in [1.165, 1.54) is 4.90 Å². The Labute approximate surface area is 145 Å². The largest absolute Gasteiger partial charge is 0.479 e. The number of likely N-dealkylation sites (tertiary alicyclic amines) is 1. The zero-order chi connectivity index (χ0) is 17.6. The van der Waals surface area contributed by atoms with Crippen LogP contribution in [0.2, 0.25) is 0 Å². The molecule has 0 spiro atoms. The van der Waals surface area contributed by atoms with Crippen molar-refractivity contribution in [2.75, 3.05) is 18.0 Å². The van der Waals surface area contributed by atoms with Crippen molar-refractivity contribution in [2.45, 2.75) is 44.4 Å². The summed E-state index contributed by atoms with van der Waals surface area (Å²) >= 11 is 0. The van der Waals surface area contributed by atoms with Gasteiger partial charge in [0.15, 0.2) is 6.10 Å². The quantitative estimate of drug-likeness (QED) is 0.872. The highest BCUT2D eigenvalue weighted by atomic mass is 16.5. The summed E-state index contributed by atoms with van der Waals surface area (Å²) in [5.41, 5.74) is 0.582. The topological polar surface area (TPSA) is 79.0 Å². The van der Waals surface area contributed by atoms with Crippen molar-refractivity contribution in [1.29, 1.82) is 0 Å². The molecule has 1 N–H and O–H groups in total. The van der Waals surface area contributed by atoms with E-state index < -0.39 is 12.1 Å². The molecule has 2 aliphatic heterocycles. The highest BCUT2D eigenvalue weighted by Crippen LogP contribution is 2.33. The molecule has 1 aliphatic carbocycles. The molecule has 2 fully saturated rings. The minimum atomic E-state index is -0.638. The number of carbonyl (C=O) groups excluding carboxylic acids is 3. The summed E-state index contributed by atoms with van der Waals surface area (Å²) in [4.78, 5) is 40.5. The van der Waals surface area contributed by atoms with E-state index in [0.717, 1.165) is 12.8 Å². The van der Waals surface area contributed by atoms with Gasteiger partial charge < -0.3 is 15.0 Å². The zero-order valence-electron chi connectivity index (χ0n) is 14.1. The molecular formula is C18H21N3O4. The van der Waals surface area contributed by atoms with E-state index in [-0.39, 0.29) is 24.3 Å². The van der Waals surface area contributed by atoms with Crippen molar-refractivity contribution in [3.8, 4) is 5.75 Å². The number of hydrogen-bond acceptors (Lipinski definition) is 4. The molecule has 0 aromatic heterocycles. The SMILES string of the molecule is C[C@@H]1Oc2ccccc2N(CC(=O)N[C@@H]2CCN(C3CC3)C2=O)C1=O. The number of hydrogen-bond donors (Lipinski definition) is 1. The lowest BCUT2D eigenvalue weighted by Crippen LogP contribution is -2.51. The first-order valence-corrected chi connectivity index (χ1v) is 8.71. The molecule has 1 saturated heterocycles. The normalized spacial score (nSPS) is 25.6. The number of rotatable bonds is 4. The second kappa shape index (κ2) is 6.06. The lowest BCUT2D eigenvalue weighted by Gasteiger charge is -2.32. The number of fused-ring (bicyclic) bond motifs is 1. The van der Waals surface area contributed by atoms with E-state index in [1.54, 1.807) is 25.1 Å². The Bertz CT molecular complexity index is 731. The molecule has 0 bridgehead atoms. The van der Waals surface area contributed by atoms with Gasteiger partial charge in [-0.25, -0.2) is 0 Å². The molecule has 4 rings (SSSR count). The van der Waals surface area contributed by atoms with E-state index in [0.29, 0.717) is 30.4 Å². The molecule has 7 heteroatoms. The van der Waals surface area contributed by atoms with E-state index in [9.17, 15) is 14.4 Å². The Morgan fingerprint density at radius 1 is 1.20 bits per heavy atom. The maximum Gasteiger partial charge on any atom is 0.268 e. The minimum absolute atomic E-state index is 0.00192. The van der Waals surface area contributed by atoms with Crippen molar-refractivity contribution in [3.63, 3.8) is 0 Å². The summed E-state index contributed by atoms with van der Waals surface area (Å²) in [5, 5.41) is 2.79. The Hall–Kier alpha value is -2.57. The molecule has 2 atom stereocenters. The van der Waals surface area contributed by atoms with Gasteiger partial charge in [0, 0.05) is 12.6 Å². The molecule has 7 nitrogen and oxygen atoms in total. The maximum atomic E-state index is 12.5. The fourth-order valence-electron chi connectivity index (χ4n) is 3.49. The lowest BCUT2D eigenvalue weighted by atomic mass is 10.2. The van der Waals surface area contributed by atoms with E-state index in [1.807, 2.05) is 11.0 Å². The number of amides is 3. The van der Waals surface area contributed by atoms with Crippen molar-refractivity contribution in [1.82, 2.24) is 10.2 Å². The van der Waals surface area contributed by atoms with Gasteiger partial charge in [0.25, 0.3) is 5.91 Å². The number of para-hydroxylation sites is 2. The van der Waals surface area contributed by atoms with Crippen LogP contribution in [0.4, 0.5) is 5.69 Å². The number of nitrogens with zero attached hydrogens (tertiary/aromatic N) is 2. The van der Waals surface area contributed by atoms with E-state index >= 15 is 0 Å². The third-order valence-electron chi connectivity index (χ3n) is 4.94. The number of nitrogens with one attached hydrogen (secondary N) is 1. The summed E-state index contributed by atoms with van der Waals surface area (Å²) in [7, 11) is 0. The zero-order valence-corrected chi connectivity index (χ0v) is 14.1. The first-order valence-electron chi connectivity index (χ1n) is 8.71. The minimum Gasteiger partial charge on any atom is -0.479 e. The standard InChI is InChI=1S/C18H21N3O4/c1-11-17(23)21(14-4-2-3-5-15(14)25-11)10-16(22)19-13-8-9-20(18(13)24)12-6-7-12/h2-5,11-13H,6-10H2,1H3,(H,19,22)/t11-,13+/m0/s1. The van der Waals surface area contributed by atoms with Gasteiger partial charge >= 0.3 is 0 Å². The number of carbonyl (C=O) groups is 3. The van der Waals surface area contributed by atoms with Crippen LogP contribution in [0, 0.1) is 0 Å². The second-order valence-corrected chi connectivity index (χ2v) is 6.82. The number of benzene rings is 1. The monoisotopic (exact) mass is 343 g/mol. The average molecular weight is 343 g/mol.